The molecule has 48 heavy (non-hydrogen) atoms. The molecule has 12 nitrogen and oxygen atoms in total. The minimum Gasteiger partial charge on any atom is -0.479 e. The van der Waals surface area contributed by atoms with Crippen LogP contribution in [-0.4, -0.2) is 78.6 Å². The van der Waals surface area contributed by atoms with Gasteiger partial charge < -0.3 is 30.9 Å². The van der Waals surface area contributed by atoms with Crippen molar-refractivity contribution in [3.63, 3.8) is 0 Å². The van der Waals surface area contributed by atoms with Crippen molar-refractivity contribution >= 4 is 62.2 Å². The van der Waals surface area contributed by atoms with Gasteiger partial charge in [-0.2, -0.15) is 4.31 Å². The van der Waals surface area contributed by atoms with Gasteiger partial charge in [-0.1, -0.05) is 35.9 Å². The number of nitrogens with zero attached hydrogens (tertiary/aromatic N) is 1. The maximum atomic E-state index is 13.7. The zero-order chi connectivity index (χ0) is 34.4. The van der Waals surface area contributed by atoms with Gasteiger partial charge in [-0.05, 0) is 87.0 Å². The molecule has 3 aromatic rings. The first-order valence-corrected chi connectivity index (χ1v) is 18.4. The molecule has 6 rings (SSSR count). The van der Waals surface area contributed by atoms with Crippen LogP contribution in [0.25, 0.3) is 10.4 Å². The minimum atomic E-state index is -3.69. The second-order valence-electron chi connectivity index (χ2n) is 13.1. The summed E-state index contributed by atoms with van der Waals surface area (Å²) in [7, 11) is -3.69. The molecule has 256 valence electrons. The molecule has 1 unspecified atom stereocenters. The lowest BCUT2D eigenvalue weighted by Crippen LogP contribution is -2.55. The van der Waals surface area contributed by atoms with Crippen LogP contribution in [0.3, 0.4) is 0 Å². The van der Waals surface area contributed by atoms with E-state index in [2.05, 4.69) is 16.0 Å². The molecule has 1 saturated carbocycles. The van der Waals surface area contributed by atoms with Gasteiger partial charge in [0.2, 0.25) is 15.9 Å². The molecule has 0 spiro atoms. The second-order valence-corrected chi connectivity index (χ2v) is 16.4. The monoisotopic (exact) mass is 716 g/mol. The quantitative estimate of drug-likeness (QED) is 0.175. The third-order valence-corrected chi connectivity index (χ3v) is 12.9. The molecule has 0 radical (unpaired) electrons. The van der Waals surface area contributed by atoms with Crippen LogP contribution in [0.1, 0.15) is 41.9 Å². The summed E-state index contributed by atoms with van der Waals surface area (Å²) in [6, 6.07) is 14.2. The maximum absolute atomic E-state index is 13.7. The summed E-state index contributed by atoms with van der Waals surface area (Å²) < 4.78 is 34.2. The van der Waals surface area contributed by atoms with Crippen molar-refractivity contribution in [3.8, 4) is 16.2 Å². The number of ether oxygens (including phenoxy) is 1. The van der Waals surface area contributed by atoms with Crippen LogP contribution in [0.4, 0.5) is 11.4 Å². The van der Waals surface area contributed by atoms with Crippen LogP contribution < -0.4 is 20.7 Å². The molecule has 15 heteroatoms. The van der Waals surface area contributed by atoms with Gasteiger partial charge in [0.25, 0.3) is 0 Å². The molecule has 0 bridgehead atoms. The Balaban J connectivity index is 1.10. The van der Waals surface area contributed by atoms with Crippen LogP contribution in [0.5, 0.6) is 5.75 Å². The fourth-order valence-corrected chi connectivity index (χ4v) is 10.4. The van der Waals surface area contributed by atoms with Crippen LogP contribution in [0.2, 0.25) is 5.02 Å². The Morgan fingerprint density at radius 3 is 2.48 bits per heavy atom. The lowest BCUT2D eigenvalue weighted by atomic mass is 9.89. The summed E-state index contributed by atoms with van der Waals surface area (Å²) in [5, 5.41) is 28.4. The van der Waals surface area contributed by atoms with E-state index in [9.17, 15) is 27.9 Å². The molecule has 4 atom stereocenters. The Morgan fingerprint density at radius 1 is 1.08 bits per heavy atom. The molecule has 2 aliphatic heterocycles. The number of amides is 1. The van der Waals surface area contributed by atoms with Crippen molar-refractivity contribution < 1.29 is 37.8 Å². The number of halogens is 1. The summed E-state index contributed by atoms with van der Waals surface area (Å²) >= 11 is 7.37. The number of carboxylic acids is 2. The molecular formula is C33H37ClN4O8S2. The number of carbonyl (C=O) groups is 3. The molecule has 5 N–H and O–H groups in total. The third kappa shape index (κ3) is 7.18. The van der Waals surface area contributed by atoms with E-state index in [1.165, 1.54) is 0 Å². The second kappa shape index (κ2) is 13.3. The van der Waals surface area contributed by atoms with E-state index >= 15 is 0 Å². The minimum absolute atomic E-state index is 0.00856. The Kier molecular flexibility index (Phi) is 9.48. The van der Waals surface area contributed by atoms with E-state index < -0.39 is 34.1 Å². The van der Waals surface area contributed by atoms with Gasteiger partial charge in [0.1, 0.15) is 5.02 Å². The average molecular weight is 717 g/mol. The summed E-state index contributed by atoms with van der Waals surface area (Å²) in [4.78, 5) is 35.8. The first kappa shape index (κ1) is 34.2. The molecule has 3 heterocycles. The highest BCUT2D eigenvalue weighted by Gasteiger charge is 2.56. The van der Waals surface area contributed by atoms with Crippen molar-refractivity contribution in [1.82, 2.24) is 9.62 Å². The van der Waals surface area contributed by atoms with E-state index in [0.29, 0.717) is 52.9 Å². The number of carboxylic acid groups (broad SMARTS) is 2. The third-order valence-electron chi connectivity index (χ3n) is 9.21. The van der Waals surface area contributed by atoms with Gasteiger partial charge in [-0.25, -0.2) is 18.0 Å². The Bertz CT molecular complexity index is 1850. The van der Waals surface area contributed by atoms with Crippen molar-refractivity contribution in [2.75, 3.05) is 36.9 Å². The van der Waals surface area contributed by atoms with Crippen LogP contribution in [0.15, 0.2) is 48.5 Å². The summed E-state index contributed by atoms with van der Waals surface area (Å²) in [5.74, 6) is -2.11. The lowest BCUT2D eigenvalue weighted by Gasteiger charge is -2.45. The number of thiophene rings is 1. The first-order chi connectivity index (χ1) is 22.7. The normalized spacial score (nSPS) is 23.2. The van der Waals surface area contributed by atoms with Crippen LogP contribution in [-0.2, 0) is 25.4 Å². The number of benzene rings is 2. The van der Waals surface area contributed by atoms with E-state index in [1.807, 2.05) is 26.0 Å². The number of piperidine rings is 2. The molecule has 1 amide bonds. The van der Waals surface area contributed by atoms with Crippen LogP contribution in [0, 0.1) is 17.8 Å². The standard InChI is InChI=1S/C33H37ClN4O8S2/c1-33(2)13-22(36-21-8-4-6-19(12-21)29-27(34)28(46-16-25(39)40)30(47-29)32(42)43)9-10-38(33)48(44,45)17-18-5-3-7-20(11-18)37-31(41)26-23-14-35-15-24(23)26/h3-8,11-12,22-24,26,35-36H,9-10,13-17H2,1-2H3,(H,37,41)(H,39,40)(H,42,43)/t22-,23-,24+,26?/m0/s1. The van der Waals surface area contributed by atoms with Gasteiger partial charge >= 0.3 is 11.9 Å². The Labute approximate surface area is 287 Å². The van der Waals surface area contributed by atoms with Gasteiger partial charge in [-0.3, -0.25) is 4.79 Å². The number of hydrogen-bond donors (Lipinski definition) is 5. The summed E-state index contributed by atoms with van der Waals surface area (Å²) in [5.41, 5.74) is 1.87. The lowest BCUT2D eigenvalue weighted by molar-refractivity contribution is -0.139. The number of carbonyl (C=O) groups excluding carboxylic acids is 1. The molecule has 3 aliphatic rings. The van der Waals surface area contributed by atoms with E-state index in [4.69, 9.17) is 21.4 Å². The smallest absolute Gasteiger partial charge is 0.349 e. The molecule has 1 aromatic heterocycles. The number of anilines is 2. The highest BCUT2D eigenvalue weighted by molar-refractivity contribution is 7.88. The molecule has 3 fully saturated rings. The van der Waals surface area contributed by atoms with Gasteiger partial charge in [0.05, 0.1) is 10.6 Å². The number of aliphatic carboxylic acids is 1. The fourth-order valence-electron chi connectivity index (χ4n) is 7.05. The van der Waals surface area contributed by atoms with E-state index in [0.717, 1.165) is 30.1 Å². The van der Waals surface area contributed by atoms with Crippen LogP contribution >= 0.6 is 22.9 Å². The molecule has 1 aliphatic carbocycles. The highest BCUT2D eigenvalue weighted by Crippen LogP contribution is 2.49. The predicted molar refractivity (Wildman–Crippen MR) is 183 cm³/mol. The Hall–Kier alpha value is -3.69. The molecule has 2 aromatic carbocycles. The zero-order valence-electron chi connectivity index (χ0n) is 26.4. The van der Waals surface area contributed by atoms with Crippen molar-refractivity contribution in [3.05, 3.63) is 64.0 Å². The van der Waals surface area contributed by atoms with Crippen molar-refractivity contribution in [1.29, 1.82) is 0 Å². The van der Waals surface area contributed by atoms with Crippen molar-refractivity contribution in [2.24, 2.45) is 17.8 Å². The molecular weight excluding hydrogens is 680 g/mol. The number of hydrogen-bond acceptors (Lipinski definition) is 9. The Morgan fingerprint density at radius 2 is 1.79 bits per heavy atom. The number of fused-ring (bicyclic) bond motifs is 1. The zero-order valence-corrected chi connectivity index (χ0v) is 28.8. The van der Waals surface area contributed by atoms with E-state index in [-0.39, 0.29) is 39.3 Å². The number of aromatic carboxylic acids is 1. The number of rotatable bonds is 12. The first-order valence-electron chi connectivity index (χ1n) is 15.6. The van der Waals surface area contributed by atoms with Gasteiger partial charge in [0.15, 0.2) is 17.2 Å². The number of sulfonamides is 1. The average Bonchev–Trinajstić information content (AvgIpc) is 3.30. The topological polar surface area (TPSA) is 174 Å². The largest absolute Gasteiger partial charge is 0.479 e. The SMILES string of the molecule is CC1(C)C[C@@H](Nc2cccc(-c3sc(C(=O)O)c(OCC(=O)O)c3Cl)c2)CCN1S(=O)(=O)Cc1cccc(NC(=O)C2[C@H]3CNC[C@@H]23)c1. The number of nitrogens with one attached hydrogen (secondary N) is 3. The summed E-state index contributed by atoms with van der Waals surface area (Å²) in [6.07, 6.45) is 1.08. The highest BCUT2D eigenvalue weighted by atomic mass is 35.5. The predicted octanol–water partition coefficient (Wildman–Crippen LogP) is 4.82. The van der Waals surface area contributed by atoms with E-state index in [1.54, 1.807) is 40.7 Å². The van der Waals surface area contributed by atoms with Gasteiger partial charge in [-0.15, -0.1) is 11.3 Å². The van der Waals surface area contributed by atoms with Crippen molar-refractivity contribution in [2.45, 2.75) is 44.0 Å². The fraction of sp³-hybridized carbons (Fsp3) is 0.424. The summed E-state index contributed by atoms with van der Waals surface area (Å²) in [6.45, 7) is 5.12. The molecule has 2 saturated heterocycles. The maximum Gasteiger partial charge on any atom is 0.349 e. The van der Waals surface area contributed by atoms with Gasteiger partial charge in [0, 0.05) is 35.4 Å².